The molecule has 0 fully saturated rings. The van der Waals surface area contributed by atoms with Gasteiger partial charge in [0.15, 0.2) is 8.07 Å². The van der Waals surface area contributed by atoms with Crippen molar-refractivity contribution in [3.63, 3.8) is 0 Å². The highest BCUT2D eigenvalue weighted by atomic mass is 28.3. The average Bonchev–Trinajstić information content (AvgIpc) is 3.60. The smallest absolute Gasteiger partial charge is 0.179 e. The van der Waals surface area contributed by atoms with Gasteiger partial charge in [-0.1, -0.05) is 202 Å². The maximum atomic E-state index is 2.50. The van der Waals surface area contributed by atoms with Crippen molar-refractivity contribution in [2.24, 2.45) is 0 Å². The first-order chi connectivity index (χ1) is 31.5. The van der Waals surface area contributed by atoms with Crippen LogP contribution in [0.5, 0.6) is 0 Å². The van der Waals surface area contributed by atoms with Crippen molar-refractivity contribution in [2.75, 3.05) is 9.80 Å². The van der Waals surface area contributed by atoms with Gasteiger partial charge in [-0.15, -0.1) is 0 Å². The van der Waals surface area contributed by atoms with Crippen LogP contribution in [0.2, 0.25) is 0 Å². The van der Waals surface area contributed by atoms with Crippen LogP contribution in [-0.2, 0) is 5.41 Å². The lowest BCUT2D eigenvalue weighted by atomic mass is 9.82. The topological polar surface area (TPSA) is 6.48 Å². The SMILES string of the molecule is CC1(C)c2ccccc2-c2c(N(c3ccccc3)c3cccc([Si](c4ccccc4)(c4ccccc4)c4cccc(N(c5ccccc5)c5ccc6ccccc6c5)c4)c3)cccc21. The molecule has 0 aliphatic heterocycles. The number of anilines is 6. The van der Waals surface area contributed by atoms with Crippen LogP contribution in [0.4, 0.5) is 34.1 Å². The predicted octanol–water partition coefficient (Wildman–Crippen LogP) is 13.5. The minimum atomic E-state index is -3.06. The maximum absolute atomic E-state index is 3.06. The van der Waals surface area contributed by atoms with Crippen LogP contribution >= 0.6 is 0 Å². The van der Waals surface area contributed by atoms with Gasteiger partial charge in [0.25, 0.3) is 0 Å². The van der Waals surface area contributed by atoms with E-state index in [-0.39, 0.29) is 5.41 Å². The molecule has 11 rings (SSSR count). The molecule has 0 amide bonds. The van der Waals surface area contributed by atoms with E-state index in [1.165, 1.54) is 59.5 Å². The summed E-state index contributed by atoms with van der Waals surface area (Å²) in [6.45, 7) is 4.73. The zero-order valence-corrected chi connectivity index (χ0v) is 37.1. The fourth-order valence-electron chi connectivity index (χ4n) is 10.4. The Morgan fingerprint density at radius 2 is 0.750 bits per heavy atom. The van der Waals surface area contributed by atoms with E-state index in [2.05, 4.69) is 278 Å². The second-order valence-corrected chi connectivity index (χ2v) is 21.1. The molecule has 1 aliphatic rings. The highest BCUT2D eigenvalue weighted by Gasteiger charge is 2.43. The molecule has 3 heteroatoms. The zero-order chi connectivity index (χ0) is 43.1. The van der Waals surface area contributed by atoms with E-state index >= 15 is 0 Å². The first-order valence-electron chi connectivity index (χ1n) is 22.3. The lowest BCUT2D eigenvalue weighted by molar-refractivity contribution is 0.660. The van der Waals surface area contributed by atoms with Gasteiger partial charge in [0.05, 0.1) is 5.69 Å². The van der Waals surface area contributed by atoms with Gasteiger partial charge in [0.2, 0.25) is 0 Å². The Balaban J connectivity index is 1.16. The van der Waals surface area contributed by atoms with Gasteiger partial charge in [0.1, 0.15) is 0 Å². The van der Waals surface area contributed by atoms with Gasteiger partial charge >= 0.3 is 0 Å². The lowest BCUT2D eigenvalue weighted by Crippen LogP contribution is -2.74. The van der Waals surface area contributed by atoms with E-state index in [0.29, 0.717) is 0 Å². The second-order valence-electron chi connectivity index (χ2n) is 17.3. The number of benzene rings is 10. The molecule has 0 saturated heterocycles. The van der Waals surface area contributed by atoms with Crippen LogP contribution in [0.25, 0.3) is 21.9 Å². The third-order valence-corrected chi connectivity index (χ3v) is 18.1. The molecule has 64 heavy (non-hydrogen) atoms. The zero-order valence-electron chi connectivity index (χ0n) is 36.1. The van der Waals surface area contributed by atoms with E-state index in [1.807, 2.05) is 0 Å². The average molecular weight is 837 g/mol. The molecule has 0 heterocycles. The molecule has 0 atom stereocenters. The fraction of sp³-hybridized carbons (Fsp3) is 0.0492. The Hall–Kier alpha value is -7.72. The molecule has 0 N–H and O–H groups in total. The molecule has 10 aromatic carbocycles. The van der Waals surface area contributed by atoms with Crippen LogP contribution in [0.15, 0.2) is 255 Å². The first kappa shape index (κ1) is 39.1. The number of nitrogens with zero attached hydrogens (tertiary/aromatic N) is 2. The van der Waals surface area contributed by atoms with E-state index in [4.69, 9.17) is 0 Å². The molecular weight excluding hydrogens is 789 g/mol. The summed E-state index contributed by atoms with van der Waals surface area (Å²) in [5.74, 6) is 0. The van der Waals surface area contributed by atoms with Gasteiger partial charge in [0, 0.05) is 39.4 Å². The number of rotatable bonds is 10. The lowest BCUT2D eigenvalue weighted by Gasteiger charge is -2.36. The molecule has 0 saturated carbocycles. The van der Waals surface area contributed by atoms with Gasteiger partial charge in [-0.05, 0) is 115 Å². The van der Waals surface area contributed by atoms with Crippen molar-refractivity contribution in [3.8, 4) is 11.1 Å². The normalized spacial score (nSPS) is 12.7. The van der Waals surface area contributed by atoms with Crippen molar-refractivity contribution in [3.05, 3.63) is 266 Å². The van der Waals surface area contributed by atoms with Crippen molar-refractivity contribution in [1.82, 2.24) is 0 Å². The number of fused-ring (bicyclic) bond motifs is 4. The van der Waals surface area contributed by atoms with E-state index in [1.54, 1.807) is 0 Å². The Kier molecular flexibility index (Phi) is 9.91. The molecule has 0 unspecified atom stereocenters. The molecule has 10 aromatic rings. The van der Waals surface area contributed by atoms with E-state index in [0.717, 1.165) is 28.4 Å². The highest BCUT2D eigenvalue weighted by Crippen LogP contribution is 2.54. The van der Waals surface area contributed by atoms with Crippen molar-refractivity contribution in [1.29, 1.82) is 0 Å². The largest absolute Gasteiger partial charge is 0.310 e. The summed E-state index contributed by atoms with van der Waals surface area (Å²) >= 11 is 0. The molecule has 0 aromatic heterocycles. The quantitative estimate of drug-likeness (QED) is 0.100. The Bertz CT molecular complexity index is 3220. The summed E-state index contributed by atoms with van der Waals surface area (Å²) in [4.78, 5) is 4.90. The summed E-state index contributed by atoms with van der Waals surface area (Å²) < 4.78 is 0. The van der Waals surface area contributed by atoms with Gasteiger partial charge < -0.3 is 9.80 Å². The first-order valence-corrected chi connectivity index (χ1v) is 24.3. The summed E-state index contributed by atoms with van der Waals surface area (Å²) in [5, 5.41) is 7.72. The van der Waals surface area contributed by atoms with Gasteiger partial charge in [-0.25, -0.2) is 0 Å². The van der Waals surface area contributed by atoms with E-state index in [9.17, 15) is 0 Å². The third kappa shape index (κ3) is 6.56. The van der Waals surface area contributed by atoms with Crippen molar-refractivity contribution < 1.29 is 0 Å². The van der Waals surface area contributed by atoms with Gasteiger partial charge in [-0.3, -0.25) is 0 Å². The van der Waals surface area contributed by atoms with Crippen LogP contribution in [0.3, 0.4) is 0 Å². The molecule has 0 spiro atoms. The number of para-hydroxylation sites is 2. The molecule has 0 bridgehead atoms. The van der Waals surface area contributed by atoms with E-state index < -0.39 is 8.07 Å². The van der Waals surface area contributed by atoms with Crippen LogP contribution < -0.4 is 30.5 Å². The van der Waals surface area contributed by atoms with Crippen LogP contribution in [0, 0.1) is 0 Å². The minimum Gasteiger partial charge on any atom is -0.310 e. The molecule has 0 radical (unpaired) electrons. The number of hydrogen-bond acceptors (Lipinski definition) is 2. The summed E-state index contributed by atoms with van der Waals surface area (Å²) in [5.41, 5.74) is 12.0. The van der Waals surface area contributed by atoms with Crippen LogP contribution in [-0.4, -0.2) is 8.07 Å². The minimum absolute atomic E-state index is 0.125. The standard InChI is InChI=1S/C61H48N2Si/c1-61(2)57-37-18-17-36-56(57)60-58(61)38-21-39-59(60)63(48-26-9-4-10-27-48)50-29-20-35-55(44-50)64(52-30-11-5-12-31-52,53-32-13-6-14-33-53)54-34-19-28-49(43-54)62(47-24-7-3-8-25-47)51-41-40-45-22-15-16-23-46(45)42-51/h3-44H,1-2H3. The molecule has 1 aliphatic carbocycles. The Labute approximate surface area is 378 Å². The van der Waals surface area contributed by atoms with Crippen LogP contribution in [0.1, 0.15) is 25.0 Å². The fourth-order valence-corrected chi connectivity index (χ4v) is 15.2. The van der Waals surface area contributed by atoms with Crippen molar-refractivity contribution >= 4 is 73.7 Å². The molecular formula is C61H48N2Si. The number of hydrogen-bond donors (Lipinski definition) is 0. The van der Waals surface area contributed by atoms with Gasteiger partial charge in [-0.2, -0.15) is 0 Å². The third-order valence-electron chi connectivity index (χ3n) is 13.3. The Morgan fingerprint density at radius 1 is 0.312 bits per heavy atom. The monoisotopic (exact) mass is 836 g/mol. The summed E-state index contributed by atoms with van der Waals surface area (Å²) in [7, 11) is -3.06. The highest BCUT2D eigenvalue weighted by molar-refractivity contribution is 7.20. The maximum Gasteiger partial charge on any atom is 0.179 e. The molecule has 2 nitrogen and oxygen atoms in total. The van der Waals surface area contributed by atoms with Crippen molar-refractivity contribution in [2.45, 2.75) is 19.3 Å². The summed E-state index contributed by atoms with van der Waals surface area (Å²) in [6.07, 6.45) is 0. The Morgan fingerprint density at radius 3 is 1.38 bits per heavy atom. The summed E-state index contributed by atoms with van der Waals surface area (Å²) in [6, 6.07) is 94.3. The molecule has 306 valence electrons. The second kappa shape index (κ2) is 16.2. The predicted molar refractivity (Wildman–Crippen MR) is 274 cm³/mol.